The number of hydrogen-bond donors (Lipinski definition) is 2. The second kappa shape index (κ2) is 6.58. The molecule has 20 heavy (non-hydrogen) atoms. The fourth-order valence-corrected chi connectivity index (χ4v) is 2.45. The number of anilines is 2. The van der Waals surface area contributed by atoms with Gasteiger partial charge in [0.25, 0.3) is 0 Å². The number of nitrogens with zero attached hydrogens (tertiary/aromatic N) is 2. The molecule has 0 saturated carbocycles. The van der Waals surface area contributed by atoms with Gasteiger partial charge in [-0.2, -0.15) is 0 Å². The van der Waals surface area contributed by atoms with E-state index >= 15 is 0 Å². The third kappa shape index (κ3) is 3.85. The number of nitrogens with one attached hydrogen (secondary N) is 2. The van der Waals surface area contributed by atoms with Gasteiger partial charge >= 0.3 is 0 Å². The summed E-state index contributed by atoms with van der Waals surface area (Å²) in [6.45, 7) is 1.47. The van der Waals surface area contributed by atoms with Gasteiger partial charge in [-0.15, -0.1) is 0 Å². The van der Waals surface area contributed by atoms with Crippen LogP contribution in [0.15, 0.2) is 40.4 Å². The summed E-state index contributed by atoms with van der Waals surface area (Å²) in [7, 11) is 1.75. The molecular formula is C13H13ClN4OS. The summed E-state index contributed by atoms with van der Waals surface area (Å²) in [6, 6.07) is 7.45. The highest BCUT2D eigenvalue weighted by Gasteiger charge is 2.07. The predicted molar refractivity (Wildman–Crippen MR) is 81.5 cm³/mol. The minimum absolute atomic E-state index is 0.0945. The van der Waals surface area contributed by atoms with E-state index in [0.29, 0.717) is 16.0 Å². The van der Waals surface area contributed by atoms with Crippen LogP contribution in [-0.4, -0.2) is 22.9 Å². The SMILES string of the molecule is CNc1ncc(Cl)c(Sc2ccc(NC(C)=O)cc2)n1. The highest BCUT2D eigenvalue weighted by atomic mass is 35.5. The highest BCUT2D eigenvalue weighted by molar-refractivity contribution is 7.99. The van der Waals surface area contributed by atoms with Crippen LogP contribution in [0.25, 0.3) is 0 Å². The van der Waals surface area contributed by atoms with E-state index in [1.54, 1.807) is 13.2 Å². The molecule has 5 nitrogen and oxygen atoms in total. The third-order valence-electron chi connectivity index (χ3n) is 2.32. The van der Waals surface area contributed by atoms with E-state index in [1.807, 2.05) is 24.3 Å². The fraction of sp³-hybridized carbons (Fsp3) is 0.154. The largest absolute Gasteiger partial charge is 0.357 e. The molecule has 2 N–H and O–H groups in total. The fourth-order valence-electron chi connectivity index (χ4n) is 1.46. The Morgan fingerprint density at radius 1 is 1.30 bits per heavy atom. The maximum atomic E-state index is 10.9. The molecular weight excluding hydrogens is 296 g/mol. The maximum absolute atomic E-state index is 10.9. The van der Waals surface area contributed by atoms with Gasteiger partial charge in [-0.05, 0) is 24.3 Å². The zero-order valence-electron chi connectivity index (χ0n) is 11.0. The van der Waals surface area contributed by atoms with Crippen LogP contribution in [-0.2, 0) is 4.79 Å². The lowest BCUT2D eigenvalue weighted by molar-refractivity contribution is -0.114. The minimum Gasteiger partial charge on any atom is -0.357 e. The van der Waals surface area contributed by atoms with E-state index < -0.39 is 0 Å². The monoisotopic (exact) mass is 308 g/mol. The molecule has 1 aromatic heterocycles. The summed E-state index contributed by atoms with van der Waals surface area (Å²) in [6.07, 6.45) is 1.56. The number of hydrogen-bond acceptors (Lipinski definition) is 5. The first-order valence-electron chi connectivity index (χ1n) is 5.84. The van der Waals surface area contributed by atoms with E-state index in [2.05, 4.69) is 20.6 Å². The van der Waals surface area contributed by atoms with Crippen molar-refractivity contribution in [3.8, 4) is 0 Å². The Hall–Kier alpha value is -1.79. The number of benzene rings is 1. The molecule has 2 aromatic rings. The van der Waals surface area contributed by atoms with Crippen molar-refractivity contribution in [1.29, 1.82) is 0 Å². The van der Waals surface area contributed by atoms with Gasteiger partial charge in [0.2, 0.25) is 11.9 Å². The Morgan fingerprint density at radius 3 is 2.60 bits per heavy atom. The first kappa shape index (κ1) is 14.6. The molecule has 1 amide bonds. The highest BCUT2D eigenvalue weighted by Crippen LogP contribution is 2.32. The molecule has 0 unspecified atom stereocenters. The van der Waals surface area contributed by atoms with Crippen molar-refractivity contribution in [2.24, 2.45) is 0 Å². The number of rotatable bonds is 4. The topological polar surface area (TPSA) is 66.9 Å². The second-order valence-electron chi connectivity index (χ2n) is 3.90. The van der Waals surface area contributed by atoms with Crippen molar-refractivity contribution in [3.63, 3.8) is 0 Å². The zero-order chi connectivity index (χ0) is 14.5. The van der Waals surface area contributed by atoms with Gasteiger partial charge in [0.1, 0.15) is 5.03 Å². The third-order valence-corrected chi connectivity index (χ3v) is 3.73. The zero-order valence-corrected chi connectivity index (χ0v) is 12.5. The van der Waals surface area contributed by atoms with Crippen LogP contribution in [0.3, 0.4) is 0 Å². The van der Waals surface area contributed by atoms with E-state index in [4.69, 9.17) is 11.6 Å². The average molecular weight is 309 g/mol. The Bertz CT molecular complexity index is 618. The number of carbonyl (C=O) groups excluding carboxylic acids is 1. The molecule has 0 aliphatic heterocycles. The summed E-state index contributed by atoms with van der Waals surface area (Å²) in [4.78, 5) is 20.2. The number of amides is 1. The molecule has 104 valence electrons. The van der Waals surface area contributed by atoms with Crippen molar-refractivity contribution in [1.82, 2.24) is 9.97 Å². The normalized spacial score (nSPS) is 10.2. The summed E-state index contributed by atoms with van der Waals surface area (Å²) in [5.74, 6) is 0.426. The van der Waals surface area contributed by atoms with E-state index in [1.165, 1.54) is 18.7 Å². The molecule has 2 rings (SSSR count). The van der Waals surface area contributed by atoms with Crippen molar-refractivity contribution >= 4 is 40.9 Å². The average Bonchev–Trinajstić information content (AvgIpc) is 2.43. The molecule has 0 aliphatic carbocycles. The summed E-state index contributed by atoms with van der Waals surface area (Å²) >= 11 is 7.51. The van der Waals surface area contributed by atoms with Crippen LogP contribution in [0.1, 0.15) is 6.92 Å². The summed E-state index contributed by atoms with van der Waals surface area (Å²) in [5, 5.41) is 6.76. The number of aromatic nitrogens is 2. The minimum atomic E-state index is -0.0945. The van der Waals surface area contributed by atoms with E-state index in [-0.39, 0.29) is 5.91 Å². The first-order valence-corrected chi connectivity index (χ1v) is 7.03. The van der Waals surface area contributed by atoms with Gasteiger partial charge in [-0.3, -0.25) is 4.79 Å². The number of halogens is 1. The van der Waals surface area contributed by atoms with E-state index in [0.717, 1.165) is 10.6 Å². The molecule has 0 saturated heterocycles. The summed E-state index contributed by atoms with van der Waals surface area (Å²) < 4.78 is 0. The van der Waals surface area contributed by atoms with Crippen molar-refractivity contribution in [3.05, 3.63) is 35.5 Å². The quantitative estimate of drug-likeness (QED) is 0.848. The number of carbonyl (C=O) groups is 1. The molecule has 0 radical (unpaired) electrons. The molecule has 0 atom stereocenters. The lowest BCUT2D eigenvalue weighted by Gasteiger charge is -2.06. The molecule has 0 fully saturated rings. The van der Waals surface area contributed by atoms with Crippen LogP contribution in [0.5, 0.6) is 0 Å². The van der Waals surface area contributed by atoms with Gasteiger partial charge in [-0.25, -0.2) is 9.97 Å². The summed E-state index contributed by atoms with van der Waals surface area (Å²) in [5.41, 5.74) is 0.756. The Kier molecular flexibility index (Phi) is 4.81. The van der Waals surface area contributed by atoms with Crippen LogP contribution in [0.4, 0.5) is 11.6 Å². The molecule has 1 heterocycles. The van der Waals surface area contributed by atoms with Crippen molar-refractivity contribution in [2.75, 3.05) is 17.7 Å². The molecule has 0 aliphatic rings. The van der Waals surface area contributed by atoms with Gasteiger partial charge in [-0.1, -0.05) is 23.4 Å². The van der Waals surface area contributed by atoms with Crippen molar-refractivity contribution in [2.45, 2.75) is 16.8 Å². The lowest BCUT2D eigenvalue weighted by Crippen LogP contribution is -2.05. The van der Waals surface area contributed by atoms with Gasteiger partial charge < -0.3 is 10.6 Å². The van der Waals surface area contributed by atoms with Gasteiger partial charge in [0.05, 0.1) is 11.2 Å². The van der Waals surface area contributed by atoms with E-state index in [9.17, 15) is 4.79 Å². The van der Waals surface area contributed by atoms with Gasteiger partial charge in [0, 0.05) is 24.6 Å². The van der Waals surface area contributed by atoms with Crippen LogP contribution in [0.2, 0.25) is 5.02 Å². The standard InChI is InChI=1S/C13H13ClN4OS/c1-8(19)17-9-3-5-10(6-4-9)20-12-11(14)7-16-13(15-2)18-12/h3-7H,1-2H3,(H,17,19)(H,15,16,18). The molecule has 0 spiro atoms. The second-order valence-corrected chi connectivity index (χ2v) is 5.37. The molecule has 7 heteroatoms. The molecule has 1 aromatic carbocycles. The Labute approximate surface area is 126 Å². The van der Waals surface area contributed by atoms with Crippen LogP contribution >= 0.6 is 23.4 Å². The van der Waals surface area contributed by atoms with Crippen LogP contribution in [0, 0.1) is 0 Å². The predicted octanol–water partition coefficient (Wildman–Crippen LogP) is 3.28. The Balaban J connectivity index is 2.15. The lowest BCUT2D eigenvalue weighted by atomic mass is 10.3. The Morgan fingerprint density at radius 2 is 2.00 bits per heavy atom. The smallest absolute Gasteiger partial charge is 0.223 e. The molecule has 0 bridgehead atoms. The van der Waals surface area contributed by atoms with Crippen molar-refractivity contribution < 1.29 is 4.79 Å². The van der Waals surface area contributed by atoms with Gasteiger partial charge in [0.15, 0.2) is 0 Å². The first-order chi connectivity index (χ1) is 9.58. The maximum Gasteiger partial charge on any atom is 0.223 e. The van der Waals surface area contributed by atoms with Crippen LogP contribution < -0.4 is 10.6 Å².